The van der Waals surface area contributed by atoms with E-state index in [0.717, 1.165) is 0 Å². The fourth-order valence-electron chi connectivity index (χ4n) is 1.82. The molecule has 2 rings (SSSR count). The van der Waals surface area contributed by atoms with E-state index in [4.69, 9.17) is 21.1 Å². The van der Waals surface area contributed by atoms with Crippen LogP contribution in [0.5, 0.6) is 11.5 Å². The van der Waals surface area contributed by atoms with Crippen molar-refractivity contribution in [2.24, 2.45) is 7.05 Å². The van der Waals surface area contributed by atoms with E-state index in [1.165, 1.54) is 4.68 Å². The molecule has 0 spiro atoms. The number of benzene rings is 1. The van der Waals surface area contributed by atoms with Gasteiger partial charge < -0.3 is 9.47 Å². The Bertz CT molecular complexity index is 623. The average Bonchev–Trinajstić information content (AvgIpc) is 2.73. The third kappa shape index (κ3) is 2.29. The van der Waals surface area contributed by atoms with Crippen LogP contribution in [0.4, 0.5) is 0 Å². The maximum Gasteiger partial charge on any atom is 0.155 e. The molecule has 0 radical (unpaired) electrons. The van der Waals surface area contributed by atoms with Gasteiger partial charge in [-0.1, -0.05) is 11.6 Å². The highest BCUT2D eigenvalue weighted by molar-refractivity contribution is 6.32. The number of ether oxygens (including phenoxy) is 2. The first-order valence-corrected chi connectivity index (χ1v) is 5.90. The Morgan fingerprint density at radius 2 is 2.05 bits per heavy atom. The van der Waals surface area contributed by atoms with Gasteiger partial charge in [-0.15, -0.1) is 0 Å². The van der Waals surface area contributed by atoms with Gasteiger partial charge in [0.25, 0.3) is 0 Å². The van der Waals surface area contributed by atoms with Gasteiger partial charge in [-0.2, -0.15) is 5.10 Å². The van der Waals surface area contributed by atoms with Crippen molar-refractivity contribution in [3.8, 4) is 22.8 Å². The molecule has 1 aromatic heterocycles. The van der Waals surface area contributed by atoms with Crippen LogP contribution in [0.15, 0.2) is 18.2 Å². The van der Waals surface area contributed by atoms with E-state index >= 15 is 0 Å². The Hall–Kier alpha value is -2.01. The minimum atomic E-state index is 0.294. The number of methoxy groups -OCH3 is 2. The maximum atomic E-state index is 11.2. The van der Waals surface area contributed by atoms with Gasteiger partial charge in [0, 0.05) is 18.7 Å². The Morgan fingerprint density at radius 3 is 2.63 bits per heavy atom. The summed E-state index contributed by atoms with van der Waals surface area (Å²) in [6.07, 6.45) is 0.689. The molecule has 5 nitrogen and oxygen atoms in total. The summed E-state index contributed by atoms with van der Waals surface area (Å²) in [6, 6.07) is 5.28. The van der Waals surface area contributed by atoms with Crippen molar-refractivity contribution in [2.45, 2.75) is 0 Å². The lowest BCUT2D eigenvalue weighted by atomic mass is 10.1. The van der Waals surface area contributed by atoms with Crippen molar-refractivity contribution in [2.75, 3.05) is 14.2 Å². The third-order valence-corrected chi connectivity index (χ3v) is 3.24. The lowest BCUT2D eigenvalue weighted by molar-refractivity contribution is 0.112. The summed E-state index contributed by atoms with van der Waals surface area (Å²) in [5, 5.41) is 4.54. The van der Waals surface area contributed by atoms with Crippen molar-refractivity contribution in [1.82, 2.24) is 9.78 Å². The van der Waals surface area contributed by atoms with Crippen LogP contribution < -0.4 is 9.47 Å². The lowest BCUT2D eigenvalue weighted by Gasteiger charge is -2.08. The monoisotopic (exact) mass is 280 g/mol. The Morgan fingerprint density at radius 1 is 1.32 bits per heavy atom. The zero-order valence-corrected chi connectivity index (χ0v) is 11.6. The first kappa shape index (κ1) is 13.4. The SMILES string of the molecule is COc1ccc(-c2nn(C)c(Cl)c2C=O)c(OC)c1. The van der Waals surface area contributed by atoms with Crippen LogP contribution in [0.2, 0.25) is 5.15 Å². The minimum Gasteiger partial charge on any atom is -0.497 e. The van der Waals surface area contributed by atoms with Crippen molar-refractivity contribution in [1.29, 1.82) is 0 Å². The molecule has 0 fully saturated rings. The average molecular weight is 281 g/mol. The number of aryl methyl sites for hydroxylation is 1. The topological polar surface area (TPSA) is 53.4 Å². The molecule has 0 N–H and O–H groups in total. The van der Waals surface area contributed by atoms with Gasteiger partial charge in [0.15, 0.2) is 6.29 Å². The molecule has 0 saturated carbocycles. The van der Waals surface area contributed by atoms with E-state index in [1.54, 1.807) is 39.5 Å². The molecule has 0 atom stereocenters. The second-order valence-electron chi connectivity index (χ2n) is 3.86. The summed E-state index contributed by atoms with van der Waals surface area (Å²) in [4.78, 5) is 11.2. The molecule has 2 aromatic rings. The second-order valence-corrected chi connectivity index (χ2v) is 4.22. The number of hydrogen-bond acceptors (Lipinski definition) is 4. The fourth-order valence-corrected chi connectivity index (χ4v) is 1.99. The number of halogens is 1. The number of nitrogens with zero attached hydrogens (tertiary/aromatic N) is 2. The Kier molecular flexibility index (Phi) is 3.76. The molecule has 6 heteroatoms. The third-order valence-electron chi connectivity index (χ3n) is 2.79. The quantitative estimate of drug-likeness (QED) is 0.808. The normalized spacial score (nSPS) is 10.3. The molecule has 19 heavy (non-hydrogen) atoms. The largest absolute Gasteiger partial charge is 0.497 e. The van der Waals surface area contributed by atoms with E-state index in [1.807, 2.05) is 0 Å². The highest BCUT2D eigenvalue weighted by Crippen LogP contribution is 2.35. The molecular formula is C13H13ClN2O3. The van der Waals surface area contributed by atoms with Gasteiger partial charge in [-0.3, -0.25) is 9.48 Å². The highest BCUT2D eigenvalue weighted by Gasteiger charge is 2.19. The first-order chi connectivity index (χ1) is 9.12. The van der Waals surface area contributed by atoms with Crippen LogP contribution in [0.3, 0.4) is 0 Å². The molecule has 1 heterocycles. The van der Waals surface area contributed by atoms with E-state index in [9.17, 15) is 4.79 Å². The smallest absolute Gasteiger partial charge is 0.155 e. The van der Waals surface area contributed by atoms with Crippen molar-refractivity contribution in [3.05, 3.63) is 28.9 Å². The molecule has 100 valence electrons. The molecule has 0 amide bonds. The van der Waals surface area contributed by atoms with Crippen LogP contribution in [-0.4, -0.2) is 30.3 Å². The van der Waals surface area contributed by atoms with Gasteiger partial charge in [0.1, 0.15) is 22.3 Å². The van der Waals surface area contributed by atoms with Gasteiger partial charge in [-0.25, -0.2) is 0 Å². The number of aromatic nitrogens is 2. The summed E-state index contributed by atoms with van der Waals surface area (Å²) in [7, 11) is 4.79. The molecule has 0 aliphatic rings. The molecule has 0 saturated heterocycles. The summed E-state index contributed by atoms with van der Waals surface area (Å²) < 4.78 is 11.9. The first-order valence-electron chi connectivity index (χ1n) is 5.52. The number of aldehydes is 1. The number of hydrogen-bond donors (Lipinski definition) is 0. The minimum absolute atomic E-state index is 0.294. The van der Waals surface area contributed by atoms with Crippen LogP contribution in [-0.2, 0) is 7.05 Å². The predicted molar refractivity (Wildman–Crippen MR) is 72.1 cm³/mol. The molecule has 0 aliphatic heterocycles. The van der Waals surface area contributed by atoms with Crippen molar-refractivity contribution in [3.63, 3.8) is 0 Å². The van der Waals surface area contributed by atoms with E-state index < -0.39 is 0 Å². The van der Waals surface area contributed by atoms with Crippen LogP contribution >= 0.6 is 11.6 Å². The zero-order chi connectivity index (χ0) is 14.0. The van der Waals surface area contributed by atoms with Gasteiger partial charge in [-0.05, 0) is 12.1 Å². The van der Waals surface area contributed by atoms with E-state index in [-0.39, 0.29) is 0 Å². The molecular weight excluding hydrogens is 268 g/mol. The van der Waals surface area contributed by atoms with E-state index in [0.29, 0.717) is 39.8 Å². The van der Waals surface area contributed by atoms with Gasteiger partial charge >= 0.3 is 0 Å². The Labute approximate surface area is 115 Å². The van der Waals surface area contributed by atoms with Gasteiger partial charge in [0.05, 0.1) is 19.8 Å². The summed E-state index contributed by atoms with van der Waals surface area (Å²) in [5.41, 5.74) is 1.52. The van der Waals surface area contributed by atoms with E-state index in [2.05, 4.69) is 5.10 Å². The summed E-state index contributed by atoms with van der Waals surface area (Å²) >= 11 is 6.02. The van der Waals surface area contributed by atoms with Crippen LogP contribution in [0.25, 0.3) is 11.3 Å². The maximum absolute atomic E-state index is 11.2. The molecule has 1 aromatic carbocycles. The lowest BCUT2D eigenvalue weighted by Crippen LogP contribution is -1.93. The number of carbonyl (C=O) groups is 1. The molecule has 0 aliphatic carbocycles. The predicted octanol–water partition coefficient (Wildman–Crippen LogP) is 2.57. The van der Waals surface area contributed by atoms with Crippen LogP contribution in [0, 0.1) is 0 Å². The zero-order valence-electron chi connectivity index (χ0n) is 10.8. The standard InChI is InChI=1S/C13H13ClN2O3/c1-16-13(14)10(7-17)12(15-16)9-5-4-8(18-2)6-11(9)19-3/h4-7H,1-3H3. The second kappa shape index (κ2) is 5.32. The molecule has 0 unspecified atom stereocenters. The molecule has 0 bridgehead atoms. The van der Waals surface area contributed by atoms with Gasteiger partial charge in [0.2, 0.25) is 0 Å². The summed E-state index contributed by atoms with van der Waals surface area (Å²) in [5.74, 6) is 1.23. The van der Waals surface area contributed by atoms with Crippen molar-refractivity contribution >= 4 is 17.9 Å². The van der Waals surface area contributed by atoms with Crippen LogP contribution in [0.1, 0.15) is 10.4 Å². The highest BCUT2D eigenvalue weighted by atomic mass is 35.5. The number of rotatable bonds is 4. The van der Waals surface area contributed by atoms with Crippen molar-refractivity contribution < 1.29 is 14.3 Å². The summed E-state index contributed by atoms with van der Waals surface area (Å²) in [6.45, 7) is 0. The number of carbonyl (C=O) groups excluding carboxylic acids is 1. The Balaban J connectivity index is 2.64. The fraction of sp³-hybridized carbons (Fsp3) is 0.231.